The zero-order chi connectivity index (χ0) is 16.6. The number of nitrogens with zero attached hydrogens (tertiary/aromatic N) is 2. The highest BCUT2D eigenvalue weighted by atomic mass is 32.2. The van der Waals surface area contributed by atoms with Crippen LogP contribution in [0, 0.1) is 17.0 Å². The predicted molar refractivity (Wildman–Crippen MR) is 81.8 cm³/mol. The maximum atomic E-state index is 12.4. The van der Waals surface area contributed by atoms with Crippen molar-refractivity contribution in [2.75, 3.05) is 4.72 Å². The second kappa shape index (κ2) is 5.65. The van der Waals surface area contributed by atoms with E-state index in [0.29, 0.717) is 0 Å². The maximum absolute atomic E-state index is 12.4. The lowest BCUT2D eigenvalue weighted by Crippen LogP contribution is -2.14. The molecule has 1 aliphatic carbocycles. The normalized spacial score (nSPS) is 14.3. The average Bonchev–Trinajstić information content (AvgIpc) is 2.87. The third kappa shape index (κ3) is 3.04. The first-order valence-corrected chi connectivity index (χ1v) is 8.61. The molecule has 1 N–H and O–H groups in total. The topological polar surface area (TPSA) is 115 Å². The van der Waals surface area contributed by atoms with E-state index < -0.39 is 14.9 Å². The molecule has 0 saturated heterocycles. The summed E-state index contributed by atoms with van der Waals surface area (Å²) < 4.78 is 32.6. The zero-order valence-corrected chi connectivity index (χ0v) is 13.2. The summed E-state index contributed by atoms with van der Waals surface area (Å²) in [5.41, 5.74) is 0.908. The van der Waals surface area contributed by atoms with Crippen molar-refractivity contribution in [3.05, 3.63) is 45.3 Å². The Morgan fingerprint density at radius 3 is 2.70 bits per heavy atom. The molecule has 122 valence electrons. The van der Waals surface area contributed by atoms with E-state index in [1.54, 1.807) is 0 Å². The van der Waals surface area contributed by atoms with Crippen molar-refractivity contribution in [1.29, 1.82) is 0 Å². The third-order valence-electron chi connectivity index (χ3n) is 3.73. The van der Waals surface area contributed by atoms with Crippen LogP contribution in [0.3, 0.4) is 0 Å². The molecule has 1 aliphatic rings. The van der Waals surface area contributed by atoms with Gasteiger partial charge in [0, 0.05) is 18.6 Å². The lowest BCUT2D eigenvalue weighted by atomic mass is 10.0. The number of aryl methyl sites for hydroxylation is 3. The van der Waals surface area contributed by atoms with E-state index >= 15 is 0 Å². The number of benzene rings is 1. The summed E-state index contributed by atoms with van der Waals surface area (Å²) in [6.45, 7) is 1.50. The number of nitro groups is 1. The Bertz CT molecular complexity index is 849. The smallest absolute Gasteiger partial charge is 0.309 e. The summed E-state index contributed by atoms with van der Waals surface area (Å²) in [5, 5.41) is 10.7. The van der Waals surface area contributed by atoms with Gasteiger partial charge < -0.3 is 4.42 Å². The highest BCUT2D eigenvalue weighted by Crippen LogP contribution is 2.27. The van der Waals surface area contributed by atoms with Crippen molar-refractivity contribution < 1.29 is 17.8 Å². The quantitative estimate of drug-likeness (QED) is 0.677. The molecule has 1 aromatic heterocycles. The summed E-state index contributed by atoms with van der Waals surface area (Å²) in [5.74, 6) is 0.717. The van der Waals surface area contributed by atoms with Gasteiger partial charge >= 0.3 is 6.01 Å². The summed E-state index contributed by atoms with van der Waals surface area (Å²) in [6.07, 6.45) is 3.53. The Morgan fingerprint density at radius 1 is 1.30 bits per heavy atom. The number of non-ortho nitro benzene ring substituents is 1. The molecule has 0 amide bonds. The Hall–Kier alpha value is -2.42. The molecule has 0 fully saturated rings. The SMILES string of the molecule is Cc1cc([N+](=O)[O-])ccc1S(=O)(=O)Nc1nc2c(o1)CCCC2. The van der Waals surface area contributed by atoms with Crippen LogP contribution in [0.25, 0.3) is 0 Å². The highest BCUT2D eigenvalue weighted by Gasteiger charge is 2.23. The number of nitrogens with one attached hydrogen (secondary N) is 1. The van der Waals surface area contributed by atoms with Crippen LogP contribution in [0.2, 0.25) is 0 Å². The highest BCUT2D eigenvalue weighted by molar-refractivity contribution is 7.92. The summed E-state index contributed by atoms with van der Waals surface area (Å²) in [7, 11) is -3.91. The van der Waals surface area contributed by atoms with E-state index in [1.807, 2.05) is 0 Å². The standard InChI is InChI=1S/C14H15N3O5S/c1-9-8-10(17(18)19)6-7-13(9)23(20,21)16-14-15-11-4-2-3-5-12(11)22-14/h6-8H,2-5H2,1H3,(H,15,16). The van der Waals surface area contributed by atoms with Crippen LogP contribution in [0.5, 0.6) is 0 Å². The van der Waals surface area contributed by atoms with Crippen LogP contribution in [0.1, 0.15) is 29.9 Å². The Labute approximate surface area is 132 Å². The predicted octanol–water partition coefficient (Wildman–Crippen LogP) is 2.57. The Morgan fingerprint density at radius 2 is 2.04 bits per heavy atom. The van der Waals surface area contributed by atoms with Gasteiger partial charge in [-0.3, -0.25) is 10.1 Å². The molecule has 0 radical (unpaired) electrons. The molecule has 9 heteroatoms. The fourth-order valence-corrected chi connectivity index (χ4v) is 3.77. The molecule has 3 rings (SSSR count). The van der Waals surface area contributed by atoms with E-state index in [9.17, 15) is 18.5 Å². The number of sulfonamides is 1. The van der Waals surface area contributed by atoms with Gasteiger partial charge in [-0.25, -0.2) is 13.1 Å². The molecule has 0 bridgehead atoms. The molecular formula is C14H15N3O5S. The number of nitro benzene ring substituents is 1. The lowest BCUT2D eigenvalue weighted by Gasteiger charge is -2.07. The van der Waals surface area contributed by atoms with E-state index in [0.717, 1.165) is 43.2 Å². The van der Waals surface area contributed by atoms with Crippen molar-refractivity contribution in [3.63, 3.8) is 0 Å². The molecular weight excluding hydrogens is 322 g/mol. The average molecular weight is 337 g/mol. The molecule has 0 spiro atoms. The fourth-order valence-electron chi connectivity index (χ4n) is 2.61. The molecule has 2 aromatic rings. The number of hydrogen-bond donors (Lipinski definition) is 1. The molecule has 23 heavy (non-hydrogen) atoms. The first-order valence-electron chi connectivity index (χ1n) is 7.13. The largest absolute Gasteiger partial charge is 0.428 e. The van der Waals surface area contributed by atoms with Crippen LogP contribution in [0.15, 0.2) is 27.5 Å². The second-order valence-electron chi connectivity index (χ2n) is 5.41. The van der Waals surface area contributed by atoms with Crippen molar-refractivity contribution >= 4 is 21.7 Å². The van der Waals surface area contributed by atoms with Crippen molar-refractivity contribution in [2.24, 2.45) is 0 Å². The fraction of sp³-hybridized carbons (Fsp3) is 0.357. The summed E-state index contributed by atoms with van der Waals surface area (Å²) in [6, 6.07) is 3.52. The minimum absolute atomic E-state index is 0.0423. The van der Waals surface area contributed by atoms with E-state index in [-0.39, 0.29) is 22.2 Å². The first kappa shape index (κ1) is 15.5. The monoisotopic (exact) mass is 337 g/mol. The Kier molecular flexibility index (Phi) is 3.80. The van der Waals surface area contributed by atoms with Crippen molar-refractivity contribution in [1.82, 2.24) is 4.98 Å². The minimum Gasteiger partial charge on any atom is -0.428 e. The lowest BCUT2D eigenvalue weighted by molar-refractivity contribution is -0.385. The minimum atomic E-state index is -3.91. The molecule has 1 heterocycles. The molecule has 0 saturated carbocycles. The van der Waals surface area contributed by atoms with E-state index in [2.05, 4.69) is 9.71 Å². The molecule has 0 aliphatic heterocycles. The van der Waals surface area contributed by atoms with Gasteiger partial charge in [-0.15, -0.1) is 0 Å². The first-order chi connectivity index (χ1) is 10.9. The number of rotatable bonds is 4. The van der Waals surface area contributed by atoms with Gasteiger partial charge in [-0.2, -0.15) is 4.98 Å². The zero-order valence-electron chi connectivity index (χ0n) is 12.4. The number of hydrogen-bond acceptors (Lipinski definition) is 6. The van der Waals surface area contributed by atoms with Gasteiger partial charge in [-0.05, 0) is 37.8 Å². The Balaban J connectivity index is 1.90. The molecule has 0 unspecified atom stereocenters. The van der Waals surface area contributed by atoms with Crippen LogP contribution in [-0.4, -0.2) is 18.3 Å². The van der Waals surface area contributed by atoms with Crippen LogP contribution >= 0.6 is 0 Å². The summed E-state index contributed by atoms with van der Waals surface area (Å²) >= 11 is 0. The van der Waals surface area contributed by atoms with Gasteiger partial charge in [0.05, 0.1) is 15.5 Å². The maximum Gasteiger partial charge on any atom is 0.309 e. The molecule has 8 nitrogen and oxygen atoms in total. The van der Waals surface area contributed by atoms with Gasteiger partial charge in [-0.1, -0.05) is 0 Å². The van der Waals surface area contributed by atoms with Gasteiger partial charge in [0.2, 0.25) is 0 Å². The third-order valence-corrected chi connectivity index (χ3v) is 5.21. The number of anilines is 1. The molecule has 1 aromatic carbocycles. The van der Waals surface area contributed by atoms with E-state index in [4.69, 9.17) is 4.42 Å². The van der Waals surface area contributed by atoms with Gasteiger partial charge in [0.25, 0.3) is 15.7 Å². The van der Waals surface area contributed by atoms with E-state index in [1.165, 1.54) is 19.1 Å². The van der Waals surface area contributed by atoms with Gasteiger partial charge in [0.15, 0.2) is 0 Å². The second-order valence-corrected chi connectivity index (χ2v) is 7.06. The number of aromatic nitrogens is 1. The van der Waals surface area contributed by atoms with Crippen LogP contribution in [-0.2, 0) is 22.9 Å². The molecule has 0 atom stereocenters. The van der Waals surface area contributed by atoms with Crippen LogP contribution in [0.4, 0.5) is 11.7 Å². The van der Waals surface area contributed by atoms with Crippen molar-refractivity contribution in [2.45, 2.75) is 37.5 Å². The summed E-state index contributed by atoms with van der Waals surface area (Å²) in [4.78, 5) is 14.3. The van der Waals surface area contributed by atoms with Gasteiger partial charge in [0.1, 0.15) is 5.76 Å². The number of oxazole rings is 1. The number of fused-ring (bicyclic) bond motifs is 1. The van der Waals surface area contributed by atoms with Crippen molar-refractivity contribution in [3.8, 4) is 0 Å². The van der Waals surface area contributed by atoms with Crippen LogP contribution < -0.4 is 4.72 Å².